The first-order valence-corrected chi connectivity index (χ1v) is 6.75. The molecule has 1 unspecified atom stereocenters. The lowest BCUT2D eigenvalue weighted by Gasteiger charge is -2.18. The van der Waals surface area contributed by atoms with Crippen molar-refractivity contribution in [3.8, 4) is 0 Å². The standard InChI is InChI=1S/C12H21N3S/c1-8(11-9(2)15-10(3)16-11)14-7-12(6-13)4-5-12/h8,14H,4-7,13H2,1-3H3. The van der Waals surface area contributed by atoms with E-state index in [1.807, 2.05) is 0 Å². The summed E-state index contributed by atoms with van der Waals surface area (Å²) in [4.78, 5) is 5.83. The Morgan fingerprint density at radius 3 is 2.62 bits per heavy atom. The molecule has 1 saturated carbocycles. The van der Waals surface area contributed by atoms with E-state index in [0.717, 1.165) is 18.1 Å². The van der Waals surface area contributed by atoms with Crippen molar-refractivity contribution in [2.75, 3.05) is 13.1 Å². The summed E-state index contributed by atoms with van der Waals surface area (Å²) < 4.78 is 0. The van der Waals surface area contributed by atoms with Gasteiger partial charge in [-0.3, -0.25) is 0 Å². The lowest BCUT2D eigenvalue weighted by molar-refractivity contribution is 0.436. The monoisotopic (exact) mass is 239 g/mol. The molecule has 1 fully saturated rings. The normalized spacial score (nSPS) is 19.8. The number of aryl methyl sites for hydroxylation is 2. The van der Waals surface area contributed by atoms with E-state index in [4.69, 9.17) is 5.73 Å². The Bertz CT molecular complexity index is 368. The fourth-order valence-corrected chi connectivity index (χ4v) is 3.00. The third-order valence-electron chi connectivity index (χ3n) is 3.51. The predicted molar refractivity (Wildman–Crippen MR) is 68.7 cm³/mol. The number of nitrogens with zero attached hydrogens (tertiary/aromatic N) is 1. The number of nitrogens with one attached hydrogen (secondary N) is 1. The van der Waals surface area contributed by atoms with Gasteiger partial charge in [-0.15, -0.1) is 11.3 Å². The average molecular weight is 239 g/mol. The Kier molecular flexibility index (Phi) is 3.33. The molecule has 16 heavy (non-hydrogen) atoms. The molecule has 1 aliphatic rings. The Labute approximate surface area is 101 Å². The van der Waals surface area contributed by atoms with Crippen LogP contribution >= 0.6 is 11.3 Å². The van der Waals surface area contributed by atoms with Gasteiger partial charge in [0.25, 0.3) is 0 Å². The first-order chi connectivity index (χ1) is 7.56. The highest BCUT2D eigenvalue weighted by molar-refractivity contribution is 7.11. The largest absolute Gasteiger partial charge is 0.330 e. The minimum absolute atomic E-state index is 0.398. The Morgan fingerprint density at radius 1 is 1.50 bits per heavy atom. The first-order valence-electron chi connectivity index (χ1n) is 5.94. The molecule has 0 aromatic carbocycles. The van der Waals surface area contributed by atoms with E-state index in [9.17, 15) is 0 Å². The van der Waals surface area contributed by atoms with Crippen LogP contribution < -0.4 is 11.1 Å². The van der Waals surface area contributed by atoms with Crippen LogP contribution in [0.3, 0.4) is 0 Å². The fraction of sp³-hybridized carbons (Fsp3) is 0.750. The van der Waals surface area contributed by atoms with E-state index in [2.05, 4.69) is 31.1 Å². The molecule has 1 aromatic rings. The highest BCUT2D eigenvalue weighted by atomic mass is 32.1. The van der Waals surface area contributed by atoms with Gasteiger partial charge in [0.1, 0.15) is 0 Å². The molecule has 3 nitrogen and oxygen atoms in total. The van der Waals surface area contributed by atoms with E-state index in [1.54, 1.807) is 11.3 Å². The number of aromatic nitrogens is 1. The van der Waals surface area contributed by atoms with Gasteiger partial charge >= 0.3 is 0 Å². The molecule has 1 atom stereocenters. The van der Waals surface area contributed by atoms with E-state index >= 15 is 0 Å². The topological polar surface area (TPSA) is 50.9 Å². The van der Waals surface area contributed by atoms with E-state index in [0.29, 0.717) is 11.5 Å². The van der Waals surface area contributed by atoms with Crippen LogP contribution in [-0.2, 0) is 0 Å². The van der Waals surface area contributed by atoms with Gasteiger partial charge < -0.3 is 11.1 Å². The number of thiazole rings is 1. The van der Waals surface area contributed by atoms with Gasteiger partial charge in [0.05, 0.1) is 10.7 Å². The lowest BCUT2D eigenvalue weighted by atomic mass is 10.1. The number of hydrogen-bond acceptors (Lipinski definition) is 4. The molecule has 4 heteroatoms. The van der Waals surface area contributed by atoms with Crippen molar-refractivity contribution in [2.45, 2.75) is 39.7 Å². The second-order valence-electron chi connectivity index (χ2n) is 4.99. The molecule has 1 aliphatic carbocycles. The molecule has 0 aliphatic heterocycles. The van der Waals surface area contributed by atoms with E-state index in [-0.39, 0.29) is 0 Å². The second kappa shape index (κ2) is 4.43. The summed E-state index contributed by atoms with van der Waals surface area (Å²) >= 11 is 1.80. The average Bonchev–Trinajstić information content (AvgIpc) is 2.96. The number of hydrogen-bond donors (Lipinski definition) is 2. The minimum Gasteiger partial charge on any atom is -0.330 e. The third-order valence-corrected chi connectivity index (χ3v) is 4.76. The summed E-state index contributed by atoms with van der Waals surface area (Å²) in [6, 6.07) is 0.398. The van der Waals surface area contributed by atoms with Gasteiger partial charge in [-0.1, -0.05) is 0 Å². The highest BCUT2D eigenvalue weighted by Gasteiger charge is 2.41. The molecule has 0 radical (unpaired) electrons. The van der Waals surface area contributed by atoms with Gasteiger partial charge in [-0.05, 0) is 45.6 Å². The van der Waals surface area contributed by atoms with Crippen LogP contribution in [0.4, 0.5) is 0 Å². The molecule has 1 aromatic heterocycles. The van der Waals surface area contributed by atoms with Crippen molar-refractivity contribution >= 4 is 11.3 Å². The van der Waals surface area contributed by atoms with Crippen LogP contribution in [0, 0.1) is 19.3 Å². The number of nitrogens with two attached hydrogens (primary N) is 1. The maximum absolute atomic E-state index is 5.78. The molecule has 0 amide bonds. The van der Waals surface area contributed by atoms with Gasteiger partial charge in [-0.2, -0.15) is 0 Å². The zero-order chi connectivity index (χ0) is 11.8. The Morgan fingerprint density at radius 2 is 2.19 bits per heavy atom. The lowest BCUT2D eigenvalue weighted by Crippen LogP contribution is -2.31. The van der Waals surface area contributed by atoms with E-state index in [1.165, 1.54) is 23.4 Å². The molecule has 2 rings (SSSR count). The molecular weight excluding hydrogens is 218 g/mol. The SMILES string of the molecule is Cc1nc(C)c(C(C)NCC2(CN)CC2)s1. The summed E-state index contributed by atoms with van der Waals surface area (Å²) in [7, 11) is 0. The molecule has 0 saturated heterocycles. The molecule has 90 valence electrons. The highest BCUT2D eigenvalue weighted by Crippen LogP contribution is 2.44. The van der Waals surface area contributed by atoms with Gasteiger partial charge in [0.2, 0.25) is 0 Å². The van der Waals surface area contributed by atoms with Gasteiger partial charge in [-0.25, -0.2) is 4.98 Å². The van der Waals surface area contributed by atoms with Crippen molar-refractivity contribution in [1.29, 1.82) is 0 Å². The minimum atomic E-state index is 0.398. The summed E-state index contributed by atoms with van der Waals surface area (Å²) in [6.07, 6.45) is 2.56. The van der Waals surface area contributed by atoms with Crippen molar-refractivity contribution in [3.05, 3.63) is 15.6 Å². The zero-order valence-electron chi connectivity index (χ0n) is 10.3. The smallest absolute Gasteiger partial charge is 0.0900 e. The number of rotatable bonds is 5. The van der Waals surface area contributed by atoms with Crippen LogP contribution in [0.25, 0.3) is 0 Å². The van der Waals surface area contributed by atoms with Gasteiger partial charge in [0, 0.05) is 17.5 Å². The fourth-order valence-electron chi connectivity index (χ4n) is 2.04. The molecular formula is C12H21N3S. The summed E-state index contributed by atoms with van der Waals surface area (Å²) in [6.45, 7) is 8.23. The van der Waals surface area contributed by atoms with Crippen LogP contribution in [0.5, 0.6) is 0 Å². The van der Waals surface area contributed by atoms with E-state index < -0.39 is 0 Å². The maximum atomic E-state index is 5.78. The predicted octanol–water partition coefficient (Wildman–Crippen LogP) is 2.15. The van der Waals surface area contributed by atoms with Crippen LogP contribution in [0.15, 0.2) is 0 Å². The Balaban J connectivity index is 1.93. The Hall–Kier alpha value is -0.450. The summed E-state index contributed by atoms with van der Waals surface area (Å²) in [5, 5.41) is 4.75. The van der Waals surface area contributed by atoms with Crippen molar-refractivity contribution in [3.63, 3.8) is 0 Å². The summed E-state index contributed by atoms with van der Waals surface area (Å²) in [5.41, 5.74) is 7.35. The van der Waals surface area contributed by atoms with Crippen molar-refractivity contribution < 1.29 is 0 Å². The molecule has 0 bridgehead atoms. The molecule has 0 spiro atoms. The van der Waals surface area contributed by atoms with Crippen LogP contribution in [0.1, 0.15) is 41.4 Å². The van der Waals surface area contributed by atoms with Crippen molar-refractivity contribution in [2.24, 2.45) is 11.1 Å². The summed E-state index contributed by atoms with van der Waals surface area (Å²) in [5.74, 6) is 0. The van der Waals surface area contributed by atoms with Gasteiger partial charge in [0.15, 0.2) is 0 Å². The van der Waals surface area contributed by atoms with Crippen LogP contribution in [0.2, 0.25) is 0 Å². The quantitative estimate of drug-likeness (QED) is 0.828. The molecule has 1 heterocycles. The second-order valence-corrected chi connectivity index (χ2v) is 6.22. The van der Waals surface area contributed by atoms with Crippen LogP contribution in [-0.4, -0.2) is 18.1 Å². The molecule has 3 N–H and O–H groups in total. The van der Waals surface area contributed by atoms with Crippen molar-refractivity contribution in [1.82, 2.24) is 10.3 Å². The third kappa shape index (κ3) is 2.44. The first kappa shape index (κ1) is 12.0. The maximum Gasteiger partial charge on any atom is 0.0900 e. The zero-order valence-corrected chi connectivity index (χ0v) is 11.2.